The van der Waals surface area contributed by atoms with E-state index < -0.39 is 0 Å². The minimum atomic E-state index is 0.700. The van der Waals surface area contributed by atoms with Crippen molar-refractivity contribution in [1.29, 1.82) is 0 Å². The molecule has 1 saturated carbocycles. The summed E-state index contributed by atoms with van der Waals surface area (Å²) in [5.74, 6) is 0.769. The van der Waals surface area contributed by atoms with Gasteiger partial charge in [0.15, 0.2) is 0 Å². The molecule has 2 rings (SSSR count). The Balaban J connectivity index is 1.63. The molecule has 0 heterocycles. The first-order valence-corrected chi connectivity index (χ1v) is 6.26. The maximum absolute atomic E-state index is 5.30. The average molecular weight is 219 g/mol. The number of nitrogens with one attached hydrogen (secondary N) is 1. The van der Waals surface area contributed by atoms with Crippen LogP contribution in [0.3, 0.4) is 0 Å². The van der Waals surface area contributed by atoms with Gasteiger partial charge in [0.2, 0.25) is 0 Å². The minimum absolute atomic E-state index is 0.700. The minimum Gasteiger partial charge on any atom is -0.380 e. The van der Waals surface area contributed by atoms with Crippen molar-refractivity contribution in [3.8, 4) is 0 Å². The van der Waals surface area contributed by atoms with Gasteiger partial charge in [0.25, 0.3) is 0 Å². The number of benzene rings is 1. The highest BCUT2D eigenvalue weighted by Crippen LogP contribution is 2.36. The fourth-order valence-electron chi connectivity index (χ4n) is 2.26. The molecule has 0 unspecified atom stereocenters. The molecule has 1 fully saturated rings. The molecule has 0 spiro atoms. The zero-order valence-electron chi connectivity index (χ0n) is 9.99. The number of ether oxygens (including phenoxy) is 1. The fourth-order valence-corrected chi connectivity index (χ4v) is 2.26. The van der Waals surface area contributed by atoms with Gasteiger partial charge in [-0.25, -0.2) is 0 Å². The molecule has 1 aliphatic carbocycles. The molecule has 0 atom stereocenters. The molecule has 0 radical (unpaired) electrons. The van der Waals surface area contributed by atoms with E-state index in [2.05, 4.69) is 35.6 Å². The van der Waals surface area contributed by atoms with E-state index >= 15 is 0 Å². The van der Waals surface area contributed by atoms with Crippen molar-refractivity contribution < 1.29 is 4.74 Å². The summed E-state index contributed by atoms with van der Waals surface area (Å²) in [6, 6.07) is 11.5. The van der Waals surface area contributed by atoms with Crippen molar-refractivity contribution in [3.05, 3.63) is 35.9 Å². The van der Waals surface area contributed by atoms with Gasteiger partial charge in [0.1, 0.15) is 0 Å². The topological polar surface area (TPSA) is 21.3 Å². The van der Waals surface area contributed by atoms with Crippen molar-refractivity contribution in [3.63, 3.8) is 0 Å². The van der Waals surface area contributed by atoms with Crippen LogP contribution in [0.2, 0.25) is 0 Å². The van der Waals surface area contributed by atoms with Gasteiger partial charge in [-0.15, -0.1) is 0 Å². The smallest absolute Gasteiger partial charge is 0.0590 e. The Morgan fingerprint density at radius 2 is 2.00 bits per heavy atom. The van der Waals surface area contributed by atoms with Crippen molar-refractivity contribution in [1.82, 2.24) is 5.32 Å². The van der Waals surface area contributed by atoms with Gasteiger partial charge in [0.05, 0.1) is 6.61 Å². The maximum Gasteiger partial charge on any atom is 0.0590 e. The first-order valence-electron chi connectivity index (χ1n) is 6.26. The highest BCUT2D eigenvalue weighted by Gasteiger charge is 2.29. The van der Waals surface area contributed by atoms with Crippen LogP contribution in [0.15, 0.2) is 30.3 Å². The summed E-state index contributed by atoms with van der Waals surface area (Å²) in [4.78, 5) is 0. The Morgan fingerprint density at radius 1 is 1.25 bits per heavy atom. The molecule has 1 N–H and O–H groups in total. The van der Waals surface area contributed by atoms with E-state index in [9.17, 15) is 0 Å². The molecular weight excluding hydrogens is 198 g/mol. The predicted octanol–water partition coefficient (Wildman–Crippen LogP) is 2.56. The van der Waals surface area contributed by atoms with Crippen LogP contribution in [0.4, 0.5) is 0 Å². The van der Waals surface area contributed by atoms with Crippen LogP contribution in [0.25, 0.3) is 0 Å². The van der Waals surface area contributed by atoms with E-state index in [1.807, 2.05) is 6.92 Å². The van der Waals surface area contributed by atoms with Gasteiger partial charge in [-0.05, 0) is 31.2 Å². The Hall–Kier alpha value is -0.860. The van der Waals surface area contributed by atoms with Crippen molar-refractivity contribution in [2.45, 2.75) is 31.7 Å². The summed E-state index contributed by atoms with van der Waals surface area (Å²) >= 11 is 0. The normalized spacial score (nSPS) is 24.1. The van der Waals surface area contributed by atoms with Crippen molar-refractivity contribution in [2.75, 3.05) is 19.8 Å². The van der Waals surface area contributed by atoms with Crippen LogP contribution >= 0.6 is 0 Å². The Bertz CT molecular complexity index is 293. The van der Waals surface area contributed by atoms with Crippen molar-refractivity contribution in [2.24, 2.45) is 0 Å². The van der Waals surface area contributed by atoms with Gasteiger partial charge in [0, 0.05) is 19.2 Å². The monoisotopic (exact) mass is 219 g/mol. The van der Waals surface area contributed by atoms with Gasteiger partial charge < -0.3 is 10.1 Å². The molecule has 1 aromatic rings. The highest BCUT2D eigenvalue weighted by molar-refractivity contribution is 5.22. The van der Waals surface area contributed by atoms with E-state index in [-0.39, 0.29) is 0 Å². The Kier molecular flexibility index (Phi) is 4.37. The summed E-state index contributed by atoms with van der Waals surface area (Å²) in [6.45, 7) is 4.68. The standard InChI is InChI=1S/C14H21NO/c1-2-16-9-8-15-14-10-13(11-14)12-6-4-3-5-7-12/h3-7,13-15H,2,8-11H2,1H3. The molecule has 2 nitrogen and oxygen atoms in total. The van der Waals surface area contributed by atoms with Crippen LogP contribution in [0.5, 0.6) is 0 Å². The third-order valence-electron chi connectivity index (χ3n) is 3.29. The molecule has 0 aliphatic heterocycles. The third-order valence-corrected chi connectivity index (χ3v) is 3.29. The van der Waals surface area contributed by atoms with Crippen LogP contribution in [-0.2, 0) is 4.74 Å². The second kappa shape index (κ2) is 6.02. The quantitative estimate of drug-likeness (QED) is 0.742. The summed E-state index contributed by atoms with van der Waals surface area (Å²) in [6.07, 6.45) is 2.55. The van der Waals surface area contributed by atoms with Crippen LogP contribution < -0.4 is 5.32 Å². The average Bonchev–Trinajstić information content (AvgIpc) is 2.28. The summed E-state index contributed by atoms with van der Waals surface area (Å²) in [5.41, 5.74) is 1.49. The predicted molar refractivity (Wildman–Crippen MR) is 66.7 cm³/mol. The second-order valence-electron chi connectivity index (χ2n) is 4.43. The largest absolute Gasteiger partial charge is 0.380 e. The molecule has 0 aromatic heterocycles. The summed E-state index contributed by atoms with van der Waals surface area (Å²) in [5, 5.41) is 3.53. The molecule has 0 amide bonds. The van der Waals surface area contributed by atoms with Gasteiger partial charge in [-0.2, -0.15) is 0 Å². The summed E-state index contributed by atoms with van der Waals surface area (Å²) in [7, 11) is 0. The molecule has 16 heavy (non-hydrogen) atoms. The number of rotatable bonds is 6. The SMILES string of the molecule is CCOCCNC1CC(c2ccccc2)C1. The highest BCUT2D eigenvalue weighted by atomic mass is 16.5. The lowest BCUT2D eigenvalue weighted by Gasteiger charge is -2.36. The van der Waals surface area contributed by atoms with E-state index in [1.165, 1.54) is 18.4 Å². The molecule has 88 valence electrons. The van der Waals surface area contributed by atoms with Crippen LogP contribution in [0, 0.1) is 0 Å². The number of hydrogen-bond acceptors (Lipinski definition) is 2. The van der Waals surface area contributed by atoms with Crippen molar-refractivity contribution >= 4 is 0 Å². The lowest BCUT2D eigenvalue weighted by atomic mass is 9.76. The maximum atomic E-state index is 5.30. The molecule has 1 aliphatic rings. The fraction of sp³-hybridized carbons (Fsp3) is 0.571. The molecular formula is C14H21NO. The zero-order chi connectivity index (χ0) is 11.2. The first kappa shape index (κ1) is 11.6. The van der Waals surface area contributed by atoms with Gasteiger partial charge >= 0.3 is 0 Å². The van der Waals surface area contributed by atoms with E-state index in [4.69, 9.17) is 4.74 Å². The van der Waals surface area contributed by atoms with Gasteiger partial charge in [-0.1, -0.05) is 30.3 Å². The van der Waals surface area contributed by atoms with Gasteiger partial charge in [-0.3, -0.25) is 0 Å². The summed E-state index contributed by atoms with van der Waals surface area (Å²) < 4.78 is 5.30. The number of hydrogen-bond donors (Lipinski definition) is 1. The Labute approximate surface area is 98.0 Å². The first-order chi connectivity index (χ1) is 7.90. The third kappa shape index (κ3) is 3.06. The van der Waals surface area contributed by atoms with Crippen LogP contribution in [0.1, 0.15) is 31.2 Å². The zero-order valence-corrected chi connectivity index (χ0v) is 9.99. The lowest BCUT2D eigenvalue weighted by Crippen LogP contribution is -2.41. The molecule has 0 bridgehead atoms. The molecule has 2 heteroatoms. The lowest BCUT2D eigenvalue weighted by molar-refractivity contribution is 0.141. The van der Waals surface area contributed by atoms with Crippen LogP contribution in [-0.4, -0.2) is 25.8 Å². The molecule has 1 aromatic carbocycles. The van der Waals surface area contributed by atoms with E-state index in [0.717, 1.165) is 25.7 Å². The Morgan fingerprint density at radius 3 is 2.69 bits per heavy atom. The second-order valence-corrected chi connectivity index (χ2v) is 4.43. The van der Waals surface area contributed by atoms with E-state index in [0.29, 0.717) is 6.04 Å². The molecule has 0 saturated heterocycles. The van der Waals surface area contributed by atoms with E-state index in [1.54, 1.807) is 0 Å².